The molecule has 0 saturated heterocycles. The van der Waals surface area contributed by atoms with E-state index in [0.29, 0.717) is 6.61 Å². The van der Waals surface area contributed by atoms with Crippen molar-refractivity contribution in [3.63, 3.8) is 0 Å². The van der Waals surface area contributed by atoms with Crippen LogP contribution in [0.3, 0.4) is 0 Å². The Labute approximate surface area is 121 Å². The van der Waals surface area contributed by atoms with Crippen LogP contribution in [0.1, 0.15) is 36.6 Å². The van der Waals surface area contributed by atoms with Crippen molar-refractivity contribution in [1.29, 1.82) is 0 Å². The fraction of sp³-hybridized carbons (Fsp3) is 0.353. The molecule has 0 radical (unpaired) electrons. The van der Waals surface area contributed by atoms with Crippen LogP contribution in [0.4, 0.5) is 0 Å². The highest BCUT2D eigenvalue weighted by Gasteiger charge is 2.15. The maximum absolute atomic E-state index is 5.60. The van der Waals surface area contributed by atoms with E-state index in [1.165, 1.54) is 16.7 Å². The summed E-state index contributed by atoms with van der Waals surface area (Å²) < 4.78 is 5.60. The summed E-state index contributed by atoms with van der Waals surface area (Å²) in [5.41, 5.74) is 3.67. The molecule has 2 rings (SSSR count). The lowest BCUT2D eigenvalue weighted by Gasteiger charge is -2.21. The Bertz CT molecular complexity index is 554. The molecule has 1 aromatic heterocycles. The van der Waals surface area contributed by atoms with Gasteiger partial charge in [0.15, 0.2) is 0 Å². The molecule has 1 N–H and O–H groups in total. The number of hydrogen-bond donors (Lipinski definition) is 1. The van der Waals surface area contributed by atoms with Crippen molar-refractivity contribution >= 4 is 0 Å². The second kappa shape index (κ2) is 7.06. The molecule has 3 heteroatoms. The van der Waals surface area contributed by atoms with Crippen molar-refractivity contribution in [1.82, 2.24) is 10.3 Å². The number of benzene rings is 1. The van der Waals surface area contributed by atoms with Gasteiger partial charge in [-0.2, -0.15) is 0 Å². The Hall–Kier alpha value is -1.87. The van der Waals surface area contributed by atoms with Gasteiger partial charge in [0, 0.05) is 12.4 Å². The van der Waals surface area contributed by atoms with Gasteiger partial charge in [-0.05, 0) is 55.3 Å². The second-order valence-electron chi connectivity index (χ2n) is 4.73. The quantitative estimate of drug-likeness (QED) is 0.872. The van der Waals surface area contributed by atoms with Crippen molar-refractivity contribution in [2.45, 2.75) is 26.8 Å². The van der Waals surface area contributed by atoms with Gasteiger partial charge in [0.25, 0.3) is 0 Å². The molecule has 0 bridgehead atoms. The van der Waals surface area contributed by atoms with Crippen molar-refractivity contribution in [3.05, 3.63) is 59.4 Å². The van der Waals surface area contributed by atoms with Crippen LogP contribution in [-0.2, 0) is 0 Å². The number of aromatic nitrogens is 1. The van der Waals surface area contributed by atoms with Crippen molar-refractivity contribution in [3.8, 4) is 5.75 Å². The minimum Gasteiger partial charge on any atom is -0.494 e. The molecule has 0 spiro atoms. The minimum absolute atomic E-state index is 0.170. The summed E-state index contributed by atoms with van der Waals surface area (Å²) in [6.07, 6.45) is 3.76. The standard InChI is InChI=1S/C17H22N2O/c1-4-19-17(16-9-10-18-12-13(16)3)14-7-6-8-15(11-14)20-5-2/h6-12,17,19H,4-5H2,1-3H3. The number of nitrogens with one attached hydrogen (secondary N) is 1. The summed E-state index contributed by atoms with van der Waals surface area (Å²) in [5, 5.41) is 3.54. The third-order valence-corrected chi connectivity index (χ3v) is 3.29. The summed E-state index contributed by atoms with van der Waals surface area (Å²) in [6, 6.07) is 10.5. The predicted octanol–water partition coefficient (Wildman–Crippen LogP) is 3.49. The van der Waals surface area contributed by atoms with E-state index >= 15 is 0 Å². The van der Waals surface area contributed by atoms with Crippen LogP contribution in [0.2, 0.25) is 0 Å². The summed E-state index contributed by atoms with van der Waals surface area (Å²) >= 11 is 0. The van der Waals surface area contributed by atoms with Crippen molar-refractivity contribution in [2.24, 2.45) is 0 Å². The topological polar surface area (TPSA) is 34.1 Å². The van der Waals surface area contributed by atoms with Crippen molar-refractivity contribution in [2.75, 3.05) is 13.2 Å². The van der Waals surface area contributed by atoms with Crippen LogP contribution in [0.15, 0.2) is 42.7 Å². The molecule has 0 amide bonds. The number of aryl methyl sites for hydroxylation is 1. The third kappa shape index (κ3) is 3.36. The predicted molar refractivity (Wildman–Crippen MR) is 82.1 cm³/mol. The lowest BCUT2D eigenvalue weighted by atomic mass is 9.96. The third-order valence-electron chi connectivity index (χ3n) is 3.29. The normalized spacial score (nSPS) is 12.2. The van der Waals surface area contributed by atoms with E-state index < -0.39 is 0 Å². The molecule has 3 nitrogen and oxygen atoms in total. The van der Waals surface area contributed by atoms with E-state index in [1.807, 2.05) is 31.5 Å². The average molecular weight is 270 g/mol. The molecule has 0 saturated carbocycles. The van der Waals surface area contributed by atoms with Gasteiger partial charge in [0.05, 0.1) is 12.6 Å². The first-order valence-corrected chi connectivity index (χ1v) is 7.13. The maximum Gasteiger partial charge on any atom is 0.119 e. The Morgan fingerprint density at radius 3 is 2.80 bits per heavy atom. The highest BCUT2D eigenvalue weighted by Crippen LogP contribution is 2.26. The Morgan fingerprint density at radius 1 is 1.25 bits per heavy atom. The zero-order valence-electron chi connectivity index (χ0n) is 12.4. The zero-order chi connectivity index (χ0) is 14.4. The smallest absolute Gasteiger partial charge is 0.119 e. The van der Waals surface area contributed by atoms with Gasteiger partial charge in [-0.15, -0.1) is 0 Å². The number of pyridine rings is 1. The molecule has 0 aliphatic carbocycles. The van der Waals surface area contributed by atoms with Crippen LogP contribution >= 0.6 is 0 Å². The van der Waals surface area contributed by atoms with E-state index in [2.05, 4.69) is 42.3 Å². The molecule has 0 aliphatic heterocycles. The number of hydrogen-bond acceptors (Lipinski definition) is 3. The van der Waals surface area contributed by atoms with Gasteiger partial charge in [0.1, 0.15) is 5.75 Å². The van der Waals surface area contributed by atoms with Gasteiger partial charge in [0.2, 0.25) is 0 Å². The highest BCUT2D eigenvalue weighted by atomic mass is 16.5. The van der Waals surface area contributed by atoms with Gasteiger partial charge in [-0.1, -0.05) is 19.1 Å². The molecular weight excluding hydrogens is 248 g/mol. The lowest BCUT2D eigenvalue weighted by Crippen LogP contribution is -2.22. The Morgan fingerprint density at radius 2 is 2.10 bits per heavy atom. The largest absolute Gasteiger partial charge is 0.494 e. The fourth-order valence-corrected chi connectivity index (χ4v) is 2.37. The SMILES string of the molecule is CCNC(c1cccc(OCC)c1)c1ccncc1C. The lowest BCUT2D eigenvalue weighted by molar-refractivity contribution is 0.339. The number of rotatable bonds is 6. The highest BCUT2D eigenvalue weighted by molar-refractivity contribution is 5.38. The molecule has 0 fully saturated rings. The summed E-state index contributed by atoms with van der Waals surface area (Å²) in [5.74, 6) is 0.916. The maximum atomic E-state index is 5.60. The van der Waals surface area contributed by atoms with E-state index in [-0.39, 0.29) is 6.04 Å². The van der Waals surface area contributed by atoms with Crippen LogP contribution in [0.5, 0.6) is 5.75 Å². The van der Waals surface area contributed by atoms with Gasteiger partial charge < -0.3 is 10.1 Å². The molecule has 1 atom stereocenters. The first-order chi connectivity index (χ1) is 9.76. The molecule has 1 aromatic carbocycles. The van der Waals surface area contributed by atoms with Crippen LogP contribution < -0.4 is 10.1 Å². The van der Waals surface area contributed by atoms with Crippen LogP contribution in [-0.4, -0.2) is 18.1 Å². The Kier molecular flexibility index (Phi) is 5.13. The van der Waals surface area contributed by atoms with E-state index in [4.69, 9.17) is 4.74 Å². The summed E-state index contributed by atoms with van der Waals surface area (Å²) in [6.45, 7) is 7.81. The van der Waals surface area contributed by atoms with Crippen LogP contribution in [0, 0.1) is 6.92 Å². The van der Waals surface area contributed by atoms with Gasteiger partial charge in [-0.3, -0.25) is 4.98 Å². The molecule has 0 aliphatic rings. The van der Waals surface area contributed by atoms with Gasteiger partial charge >= 0.3 is 0 Å². The monoisotopic (exact) mass is 270 g/mol. The summed E-state index contributed by atoms with van der Waals surface area (Å²) in [4.78, 5) is 4.18. The average Bonchev–Trinajstić information content (AvgIpc) is 2.46. The number of ether oxygens (including phenoxy) is 1. The van der Waals surface area contributed by atoms with E-state index in [1.54, 1.807) is 0 Å². The molecule has 106 valence electrons. The molecule has 2 aromatic rings. The zero-order valence-corrected chi connectivity index (χ0v) is 12.4. The first kappa shape index (κ1) is 14.5. The first-order valence-electron chi connectivity index (χ1n) is 7.13. The minimum atomic E-state index is 0.170. The molecule has 1 heterocycles. The van der Waals surface area contributed by atoms with E-state index in [9.17, 15) is 0 Å². The number of nitrogens with zero attached hydrogens (tertiary/aromatic N) is 1. The molecule has 20 heavy (non-hydrogen) atoms. The molecular formula is C17H22N2O. The van der Waals surface area contributed by atoms with Crippen LogP contribution in [0.25, 0.3) is 0 Å². The molecule has 1 unspecified atom stereocenters. The fourth-order valence-electron chi connectivity index (χ4n) is 2.37. The Balaban J connectivity index is 2.38. The van der Waals surface area contributed by atoms with E-state index in [0.717, 1.165) is 12.3 Å². The summed E-state index contributed by atoms with van der Waals surface area (Å²) in [7, 11) is 0. The van der Waals surface area contributed by atoms with Crippen molar-refractivity contribution < 1.29 is 4.74 Å². The van der Waals surface area contributed by atoms with Gasteiger partial charge in [-0.25, -0.2) is 0 Å². The second-order valence-corrected chi connectivity index (χ2v) is 4.73.